The van der Waals surface area contributed by atoms with Crippen LogP contribution in [0, 0.1) is 6.92 Å². The number of nitrogens with two attached hydrogens (primary N) is 1. The summed E-state index contributed by atoms with van der Waals surface area (Å²) < 4.78 is 1.27. The van der Waals surface area contributed by atoms with E-state index < -0.39 is 0 Å². The molecular formula is C11H11N3S. The van der Waals surface area contributed by atoms with Crippen LogP contribution in [-0.4, -0.2) is 12.6 Å². The molecule has 2 aromatic rings. The van der Waals surface area contributed by atoms with Gasteiger partial charge in [-0.15, -0.1) is 16.4 Å². The fourth-order valence-electron chi connectivity index (χ4n) is 1.44. The monoisotopic (exact) mass is 217 g/mol. The summed E-state index contributed by atoms with van der Waals surface area (Å²) in [6, 6.07) is 8.31. The van der Waals surface area contributed by atoms with E-state index in [2.05, 4.69) is 29.3 Å². The lowest BCUT2D eigenvalue weighted by atomic mass is 10.1. The van der Waals surface area contributed by atoms with Crippen molar-refractivity contribution >= 4 is 34.0 Å². The number of nitrogens with zero attached hydrogens (tertiary/aromatic N) is 2. The Kier molecular flexibility index (Phi) is 2.78. The third kappa shape index (κ3) is 1.89. The number of fused-ring (bicyclic) bond motifs is 1. The van der Waals surface area contributed by atoms with Crippen LogP contribution >= 0.6 is 11.3 Å². The van der Waals surface area contributed by atoms with E-state index in [-0.39, 0.29) is 0 Å². The van der Waals surface area contributed by atoms with E-state index in [9.17, 15) is 0 Å². The molecule has 0 aliphatic heterocycles. The van der Waals surface area contributed by atoms with Crippen LogP contribution < -0.4 is 5.73 Å². The topological polar surface area (TPSA) is 50.7 Å². The Hall–Kier alpha value is -1.68. The van der Waals surface area contributed by atoms with Crippen LogP contribution in [0.15, 0.2) is 34.5 Å². The quantitative estimate of drug-likeness (QED) is 0.469. The molecule has 1 aromatic heterocycles. The Labute approximate surface area is 91.9 Å². The highest BCUT2D eigenvalue weighted by atomic mass is 32.1. The molecule has 1 heterocycles. The summed E-state index contributed by atoms with van der Waals surface area (Å²) in [6.07, 6.45) is 2.92. The van der Waals surface area contributed by atoms with E-state index >= 15 is 0 Å². The maximum absolute atomic E-state index is 5.10. The van der Waals surface area contributed by atoms with Gasteiger partial charge in [0.25, 0.3) is 0 Å². The van der Waals surface area contributed by atoms with Crippen molar-refractivity contribution in [1.82, 2.24) is 0 Å². The van der Waals surface area contributed by atoms with Gasteiger partial charge in [0.15, 0.2) is 0 Å². The molecule has 0 atom stereocenters. The maximum atomic E-state index is 5.10. The molecule has 0 saturated heterocycles. The van der Waals surface area contributed by atoms with Crippen molar-refractivity contribution in [3.8, 4) is 0 Å². The normalized spacial score (nSPS) is 12.1. The fourth-order valence-corrected chi connectivity index (χ4v) is 2.52. The summed E-state index contributed by atoms with van der Waals surface area (Å²) >= 11 is 1.71. The summed E-state index contributed by atoms with van der Waals surface area (Å²) in [4.78, 5) is 1.13. The fraction of sp³-hybridized carbons (Fsp3) is 0.0909. The van der Waals surface area contributed by atoms with Gasteiger partial charge >= 0.3 is 0 Å². The van der Waals surface area contributed by atoms with Gasteiger partial charge < -0.3 is 5.73 Å². The van der Waals surface area contributed by atoms with Crippen LogP contribution in [0.5, 0.6) is 0 Å². The van der Waals surface area contributed by atoms with E-state index in [1.807, 2.05) is 12.1 Å². The van der Waals surface area contributed by atoms with E-state index in [4.69, 9.17) is 5.73 Å². The molecule has 2 N–H and O–H groups in total. The lowest BCUT2D eigenvalue weighted by Crippen LogP contribution is -1.86. The zero-order chi connectivity index (χ0) is 10.7. The highest BCUT2D eigenvalue weighted by Gasteiger charge is 2.04. The van der Waals surface area contributed by atoms with Gasteiger partial charge in [0.05, 0.1) is 11.1 Å². The van der Waals surface area contributed by atoms with Crippen LogP contribution in [0.2, 0.25) is 0 Å². The summed E-state index contributed by atoms with van der Waals surface area (Å²) in [5.74, 6) is 0. The van der Waals surface area contributed by atoms with Gasteiger partial charge in [-0.05, 0) is 23.9 Å². The first-order chi connectivity index (χ1) is 7.33. The number of aryl methyl sites for hydroxylation is 1. The zero-order valence-corrected chi connectivity index (χ0v) is 9.16. The smallest absolute Gasteiger partial charge is 0.108 e. The molecule has 4 heteroatoms. The minimum Gasteiger partial charge on any atom is -0.388 e. The molecule has 3 nitrogen and oxygen atoms in total. The van der Waals surface area contributed by atoms with Gasteiger partial charge in [-0.25, -0.2) is 0 Å². The molecule has 0 amide bonds. The number of hydrogen-bond donors (Lipinski definition) is 1. The predicted octanol–water partition coefficient (Wildman–Crippen LogP) is 2.53. The van der Waals surface area contributed by atoms with Crippen molar-refractivity contribution < 1.29 is 0 Å². The molecule has 0 saturated carbocycles. The molecule has 2 rings (SSSR count). The Morgan fingerprint density at radius 2 is 2.07 bits per heavy atom. The van der Waals surface area contributed by atoms with Gasteiger partial charge in [0.1, 0.15) is 6.34 Å². The molecule has 0 aliphatic carbocycles. The average molecular weight is 217 g/mol. The Balaban J connectivity index is 2.48. The molecule has 0 aliphatic rings. The molecule has 15 heavy (non-hydrogen) atoms. The second kappa shape index (κ2) is 4.23. The molecule has 76 valence electrons. The van der Waals surface area contributed by atoms with Crippen molar-refractivity contribution in [2.45, 2.75) is 6.92 Å². The minimum atomic E-state index is 1.13. The summed E-state index contributed by atoms with van der Waals surface area (Å²) in [6.45, 7) is 2.09. The third-order valence-corrected chi connectivity index (χ3v) is 3.40. The first kappa shape index (κ1) is 9.86. The maximum Gasteiger partial charge on any atom is 0.108 e. The van der Waals surface area contributed by atoms with Crippen LogP contribution in [0.25, 0.3) is 10.1 Å². The lowest BCUT2D eigenvalue weighted by Gasteiger charge is -1.89. The third-order valence-electron chi connectivity index (χ3n) is 2.19. The lowest BCUT2D eigenvalue weighted by molar-refractivity contribution is 1.26. The first-order valence-corrected chi connectivity index (χ1v) is 5.39. The second-order valence-electron chi connectivity index (χ2n) is 3.10. The summed E-state index contributed by atoms with van der Waals surface area (Å²) in [5, 5.41) is 8.73. The van der Waals surface area contributed by atoms with E-state index in [1.165, 1.54) is 22.0 Å². The van der Waals surface area contributed by atoms with E-state index in [1.54, 1.807) is 17.6 Å². The van der Waals surface area contributed by atoms with Crippen molar-refractivity contribution in [3.63, 3.8) is 0 Å². The highest BCUT2D eigenvalue weighted by Crippen LogP contribution is 2.29. The Morgan fingerprint density at radius 1 is 1.27 bits per heavy atom. The number of thiophene rings is 1. The first-order valence-electron chi connectivity index (χ1n) is 4.57. The highest BCUT2D eigenvalue weighted by molar-refractivity contribution is 7.20. The van der Waals surface area contributed by atoms with Gasteiger partial charge in [0, 0.05) is 4.70 Å². The molecule has 1 aromatic carbocycles. The van der Waals surface area contributed by atoms with Crippen LogP contribution in [0.4, 0.5) is 0 Å². The molecule has 0 fully saturated rings. The number of hydrogen-bond acceptors (Lipinski definition) is 3. The molecule has 0 unspecified atom stereocenters. The van der Waals surface area contributed by atoms with Gasteiger partial charge in [-0.1, -0.05) is 18.2 Å². The van der Waals surface area contributed by atoms with Crippen molar-refractivity contribution in [2.75, 3.05) is 0 Å². The molecule has 0 radical (unpaired) electrons. The Morgan fingerprint density at radius 3 is 2.80 bits per heavy atom. The van der Waals surface area contributed by atoms with E-state index in [0.29, 0.717) is 0 Å². The molecule has 0 spiro atoms. The summed E-state index contributed by atoms with van der Waals surface area (Å²) in [5.41, 5.74) is 6.35. The summed E-state index contributed by atoms with van der Waals surface area (Å²) in [7, 11) is 0. The van der Waals surface area contributed by atoms with Gasteiger partial charge in [0.2, 0.25) is 0 Å². The average Bonchev–Trinajstić information content (AvgIpc) is 2.57. The molecular weight excluding hydrogens is 206 g/mol. The van der Waals surface area contributed by atoms with Gasteiger partial charge in [-0.3, -0.25) is 0 Å². The van der Waals surface area contributed by atoms with Crippen LogP contribution in [-0.2, 0) is 0 Å². The largest absolute Gasteiger partial charge is 0.388 e. The number of rotatable bonds is 2. The van der Waals surface area contributed by atoms with Crippen molar-refractivity contribution in [3.05, 3.63) is 34.7 Å². The minimum absolute atomic E-state index is 1.13. The second-order valence-corrected chi connectivity index (χ2v) is 4.18. The van der Waals surface area contributed by atoms with E-state index in [0.717, 1.165) is 4.88 Å². The van der Waals surface area contributed by atoms with Crippen LogP contribution in [0.3, 0.4) is 0 Å². The van der Waals surface area contributed by atoms with Crippen molar-refractivity contribution in [2.24, 2.45) is 15.9 Å². The number of benzene rings is 1. The SMILES string of the molecule is Cc1c(C=NN=CN)sc2ccccc12. The van der Waals surface area contributed by atoms with Gasteiger partial charge in [-0.2, -0.15) is 5.10 Å². The van der Waals surface area contributed by atoms with Crippen molar-refractivity contribution in [1.29, 1.82) is 0 Å². The Bertz CT molecular complexity index is 526. The zero-order valence-electron chi connectivity index (χ0n) is 8.34. The molecule has 0 bridgehead atoms. The standard InChI is InChI=1S/C11H11N3S/c1-8-9-4-2-3-5-10(9)15-11(8)6-13-14-7-12/h2-7H,1H3,(H2,12,14). The van der Waals surface area contributed by atoms with Crippen LogP contribution in [0.1, 0.15) is 10.4 Å². The predicted molar refractivity (Wildman–Crippen MR) is 66.8 cm³/mol.